The molecule has 1 aromatic carbocycles. The van der Waals surface area contributed by atoms with E-state index in [9.17, 15) is 13.2 Å². The highest BCUT2D eigenvalue weighted by Crippen LogP contribution is 2.32. The van der Waals surface area contributed by atoms with E-state index in [0.717, 1.165) is 30.2 Å². The van der Waals surface area contributed by atoms with Gasteiger partial charge in [-0.1, -0.05) is 18.5 Å². The van der Waals surface area contributed by atoms with Crippen molar-refractivity contribution in [3.05, 3.63) is 41.3 Å². The zero-order chi connectivity index (χ0) is 18.7. The third kappa shape index (κ3) is 4.38. The van der Waals surface area contributed by atoms with Gasteiger partial charge in [0.25, 0.3) is 0 Å². The third-order valence-corrected chi connectivity index (χ3v) is 4.45. The predicted molar refractivity (Wildman–Crippen MR) is 97.2 cm³/mol. The van der Waals surface area contributed by atoms with Gasteiger partial charge in [-0.05, 0) is 37.1 Å². The van der Waals surface area contributed by atoms with Crippen LogP contribution in [0.15, 0.2) is 35.6 Å². The van der Waals surface area contributed by atoms with Gasteiger partial charge in [0.15, 0.2) is 5.82 Å². The van der Waals surface area contributed by atoms with Crippen molar-refractivity contribution in [2.45, 2.75) is 51.9 Å². The highest BCUT2D eigenvalue weighted by atomic mass is 35.5. The molecular formula is C18H20ClF3N4. The lowest BCUT2D eigenvalue weighted by atomic mass is 10.1. The molecule has 0 bridgehead atoms. The average molecular weight is 385 g/mol. The summed E-state index contributed by atoms with van der Waals surface area (Å²) >= 11 is 5.95. The monoisotopic (exact) mass is 384 g/mol. The van der Waals surface area contributed by atoms with Gasteiger partial charge >= 0.3 is 6.18 Å². The van der Waals surface area contributed by atoms with Crippen LogP contribution in [0.4, 0.5) is 24.7 Å². The maximum Gasteiger partial charge on any atom is 0.389 e. The molecule has 3 rings (SSSR count). The summed E-state index contributed by atoms with van der Waals surface area (Å²) in [5.41, 5.74) is 1.67. The van der Waals surface area contributed by atoms with E-state index in [0.29, 0.717) is 17.4 Å². The molecule has 4 nitrogen and oxygen atoms in total. The van der Waals surface area contributed by atoms with Crippen molar-refractivity contribution in [2.24, 2.45) is 4.99 Å². The number of aryl methyl sites for hydroxylation is 1. The first-order chi connectivity index (χ1) is 12.4. The van der Waals surface area contributed by atoms with Crippen LogP contribution >= 0.6 is 11.6 Å². The van der Waals surface area contributed by atoms with E-state index in [1.54, 1.807) is 18.5 Å². The van der Waals surface area contributed by atoms with Crippen LogP contribution in [-0.2, 0) is 13.1 Å². The molecule has 8 heteroatoms. The van der Waals surface area contributed by atoms with Crippen molar-refractivity contribution in [3.63, 3.8) is 0 Å². The number of amidine groups is 1. The second kappa shape index (κ2) is 7.70. The van der Waals surface area contributed by atoms with E-state index in [2.05, 4.69) is 16.9 Å². The molecule has 140 valence electrons. The highest BCUT2D eigenvalue weighted by molar-refractivity contribution is 6.30. The molecule has 1 aliphatic heterocycles. The average Bonchev–Trinajstić information content (AvgIpc) is 2.96. The van der Waals surface area contributed by atoms with Crippen molar-refractivity contribution in [2.75, 3.05) is 4.90 Å². The smallest absolute Gasteiger partial charge is 0.324 e. The fourth-order valence-electron chi connectivity index (χ4n) is 2.99. The molecule has 0 fully saturated rings. The molecule has 1 aliphatic rings. The Kier molecular flexibility index (Phi) is 5.55. The topological polar surface area (TPSA) is 33.4 Å². The summed E-state index contributed by atoms with van der Waals surface area (Å²) in [4.78, 5) is 11.0. The lowest BCUT2D eigenvalue weighted by Gasteiger charge is -2.29. The Balaban J connectivity index is 1.89. The van der Waals surface area contributed by atoms with Crippen LogP contribution in [-0.4, -0.2) is 21.6 Å². The molecule has 26 heavy (non-hydrogen) atoms. The maximum atomic E-state index is 12.5. The number of benzene rings is 1. The minimum atomic E-state index is -4.16. The second-order valence-electron chi connectivity index (χ2n) is 6.27. The van der Waals surface area contributed by atoms with E-state index in [1.807, 2.05) is 21.6 Å². The van der Waals surface area contributed by atoms with Gasteiger partial charge in [0.1, 0.15) is 11.5 Å². The SMILES string of the molecule is CCCn1cnc2c1N=C(CCCC(F)(F)F)N(c1ccc(Cl)cc1)C2. The van der Waals surface area contributed by atoms with Gasteiger partial charge in [-0.2, -0.15) is 13.2 Å². The summed E-state index contributed by atoms with van der Waals surface area (Å²) in [5, 5.41) is 0.606. The number of alkyl halides is 3. The standard InChI is InChI=1S/C18H20ClF3N4/c1-2-10-25-12-23-15-11-26(14-7-5-13(19)6-8-14)16(24-17(15)25)4-3-9-18(20,21)22/h5-8,12H,2-4,9-11H2,1H3. The summed E-state index contributed by atoms with van der Waals surface area (Å²) in [5.74, 6) is 1.38. The van der Waals surface area contributed by atoms with Gasteiger partial charge in [-0.15, -0.1) is 0 Å². The Morgan fingerprint density at radius 1 is 1.19 bits per heavy atom. The molecule has 0 saturated heterocycles. The van der Waals surface area contributed by atoms with Gasteiger partial charge in [-0.25, -0.2) is 9.98 Å². The number of halogens is 4. The van der Waals surface area contributed by atoms with Gasteiger partial charge in [0, 0.05) is 30.1 Å². The van der Waals surface area contributed by atoms with Crippen molar-refractivity contribution < 1.29 is 13.2 Å². The molecule has 0 amide bonds. The summed E-state index contributed by atoms with van der Waals surface area (Å²) in [6, 6.07) is 7.20. The molecule has 0 radical (unpaired) electrons. The molecule has 0 atom stereocenters. The highest BCUT2D eigenvalue weighted by Gasteiger charge is 2.29. The van der Waals surface area contributed by atoms with E-state index in [1.165, 1.54) is 0 Å². The van der Waals surface area contributed by atoms with Crippen LogP contribution in [0, 0.1) is 0 Å². The molecule has 0 aliphatic carbocycles. The van der Waals surface area contributed by atoms with Crippen LogP contribution in [0.1, 0.15) is 38.3 Å². The van der Waals surface area contributed by atoms with Crippen LogP contribution in [0.5, 0.6) is 0 Å². The minimum absolute atomic E-state index is 0.00364. The second-order valence-corrected chi connectivity index (χ2v) is 6.70. The molecule has 2 aromatic rings. The number of anilines is 1. The molecule has 2 heterocycles. The predicted octanol–water partition coefficient (Wildman–Crippen LogP) is 5.73. The van der Waals surface area contributed by atoms with Crippen LogP contribution in [0.25, 0.3) is 0 Å². The number of aliphatic imine (C=N–C) groups is 1. The number of fused-ring (bicyclic) bond motifs is 1. The summed E-state index contributed by atoms with van der Waals surface area (Å²) in [6.07, 6.45) is -2.04. The summed E-state index contributed by atoms with van der Waals surface area (Å²) < 4.78 is 39.6. The lowest BCUT2D eigenvalue weighted by Crippen LogP contribution is -2.33. The van der Waals surface area contributed by atoms with Gasteiger partial charge in [-0.3, -0.25) is 0 Å². The zero-order valence-corrected chi connectivity index (χ0v) is 15.2. The summed E-state index contributed by atoms with van der Waals surface area (Å²) in [7, 11) is 0. The van der Waals surface area contributed by atoms with E-state index in [4.69, 9.17) is 11.6 Å². The van der Waals surface area contributed by atoms with Crippen molar-refractivity contribution >= 4 is 28.9 Å². The maximum absolute atomic E-state index is 12.5. The van der Waals surface area contributed by atoms with Crippen molar-refractivity contribution in [1.29, 1.82) is 0 Å². The number of aromatic nitrogens is 2. The molecule has 0 N–H and O–H groups in total. The van der Waals surface area contributed by atoms with Crippen LogP contribution < -0.4 is 4.90 Å². The number of hydrogen-bond donors (Lipinski definition) is 0. The molecule has 1 aromatic heterocycles. The van der Waals surface area contributed by atoms with Gasteiger partial charge in [0.2, 0.25) is 0 Å². The lowest BCUT2D eigenvalue weighted by molar-refractivity contribution is -0.135. The van der Waals surface area contributed by atoms with Crippen LogP contribution in [0.2, 0.25) is 5.02 Å². The van der Waals surface area contributed by atoms with Gasteiger partial charge < -0.3 is 9.47 Å². The normalized spacial score (nSPS) is 14.3. The van der Waals surface area contributed by atoms with E-state index >= 15 is 0 Å². The number of imidazole rings is 1. The number of nitrogens with zero attached hydrogens (tertiary/aromatic N) is 4. The Morgan fingerprint density at radius 3 is 2.58 bits per heavy atom. The fraction of sp³-hybridized carbons (Fsp3) is 0.444. The van der Waals surface area contributed by atoms with E-state index in [-0.39, 0.29) is 12.8 Å². The Bertz CT molecular complexity index is 781. The largest absolute Gasteiger partial charge is 0.389 e. The van der Waals surface area contributed by atoms with Gasteiger partial charge in [0.05, 0.1) is 12.9 Å². The first-order valence-corrected chi connectivity index (χ1v) is 8.96. The quantitative estimate of drug-likeness (QED) is 0.637. The first-order valence-electron chi connectivity index (χ1n) is 8.59. The Morgan fingerprint density at radius 2 is 1.92 bits per heavy atom. The van der Waals surface area contributed by atoms with E-state index < -0.39 is 12.6 Å². The number of rotatable bonds is 6. The third-order valence-electron chi connectivity index (χ3n) is 4.20. The molecular weight excluding hydrogens is 365 g/mol. The van der Waals surface area contributed by atoms with Crippen molar-refractivity contribution in [3.8, 4) is 0 Å². The number of hydrogen-bond acceptors (Lipinski definition) is 3. The minimum Gasteiger partial charge on any atom is -0.324 e. The molecule has 0 saturated carbocycles. The first kappa shape index (κ1) is 18.8. The Labute approximate surface area is 155 Å². The molecule has 0 unspecified atom stereocenters. The van der Waals surface area contributed by atoms with Crippen LogP contribution in [0.3, 0.4) is 0 Å². The zero-order valence-electron chi connectivity index (χ0n) is 14.4. The fourth-order valence-corrected chi connectivity index (χ4v) is 3.11. The Hall–Kier alpha value is -2.02. The summed E-state index contributed by atoms with van der Waals surface area (Å²) in [6.45, 7) is 3.32. The van der Waals surface area contributed by atoms with Crippen molar-refractivity contribution in [1.82, 2.24) is 9.55 Å². The molecule has 0 spiro atoms.